The average molecular weight is 337 g/mol. The van der Waals surface area contributed by atoms with Gasteiger partial charge in [0, 0.05) is 6.92 Å². The zero-order chi connectivity index (χ0) is 17.8. The second kappa shape index (κ2) is 6.91. The van der Waals surface area contributed by atoms with E-state index < -0.39 is 11.9 Å². The Balaban J connectivity index is 1.88. The molecule has 1 unspecified atom stereocenters. The first-order valence-electron chi connectivity index (χ1n) is 7.49. The summed E-state index contributed by atoms with van der Waals surface area (Å²) in [5.74, 6) is -0.556. The molecule has 2 N–H and O–H groups in total. The van der Waals surface area contributed by atoms with E-state index in [4.69, 9.17) is 0 Å². The van der Waals surface area contributed by atoms with Crippen molar-refractivity contribution < 1.29 is 14.7 Å². The molecule has 25 heavy (non-hydrogen) atoms. The molecule has 8 heteroatoms. The molecular formula is C17H15N5O3. The number of phenolic OH excluding ortho intramolecular Hbond substituents is 1. The molecule has 1 aliphatic heterocycles. The number of nitrogens with one attached hydrogen (secondary N) is 1. The zero-order valence-electron chi connectivity index (χ0n) is 13.3. The molecule has 1 atom stereocenters. The van der Waals surface area contributed by atoms with Crippen molar-refractivity contribution in [1.29, 1.82) is 0 Å². The van der Waals surface area contributed by atoms with Gasteiger partial charge in [-0.05, 0) is 36.4 Å². The first kappa shape index (κ1) is 16.3. The van der Waals surface area contributed by atoms with Crippen LogP contribution in [-0.2, 0) is 9.59 Å². The van der Waals surface area contributed by atoms with Crippen LogP contribution in [0, 0.1) is 0 Å². The summed E-state index contributed by atoms with van der Waals surface area (Å²) >= 11 is 0. The van der Waals surface area contributed by atoms with E-state index in [0.717, 1.165) is 0 Å². The minimum Gasteiger partial charge on any atom is -0.508 e. The number of aromatic hydroxyl groups is 1. The number of amidine groups is 1. The number of para-hydroxylation sites is 1. The third-order valence-electron chi connectivity index (χ3n) is 3.35. The van der Waals surface area contributed by atoms with Crippen molar-refractivity contribution in [3.05, 3.63) is 54.6 Å². The summed E-state index contributed by atoms with van der Waals surface area (Å²) in [5.41, 5.74) is 1.03. The largest absolute Gasteiger partial charge is 0.508 e. The highest BCUT2D eigenvalue weighted by Gasteiger charge is 2.37. The fraction of sp³-hybridized carbons (Fsp3) is 0.118. The van der Waals surface area contributed by atoms with Crippen molar-refractivity contribution in [1.82, 2.24) is 5.32 Å². The van der Waals surface area contributed by atoms with Gasteiger partial charge in [-0.3, -0.25) is 9.59 Å². The molecule has 3 rings (SSSR count). The maximum atomic E-state index is 12.6. The molecule has 0 radical (unpaired) electrons. The molecule has 2 aromatic rings. The minimum atomic E-state index is -1.04. The first-order valence-corrected chi connectivity index (χ1v) is 7.49. The Bertz CT molecular complexity index is 846. The van der Waals surface area contributed by atoms with E-state index in [1.54, 1.807) is 36.4 Å². The van der Waals surface area contributed by atoms with E-state index in [1.807, 2.05) is 6.07 Å². The molecule has 126 valence electrons. The molecule has 0 aliphatic carbocycles. The third kappa shape index (κ3) is 3.69. The van der Waals surface area contributed by atoms with Crippen molar-refractivity contribution in [2.45, 2.75) is 13.0 Å². The fourth-order valence-electron chi connectivity index (χ4n) is 2.22. The van der Waals surface area contributed by atoms with Gasteiger partial charge in [0.15, 0.2) is 5.84 Å². The van der Waals surface area contributed by atoms with Crippen LogP contribution in [0.4, 0.5) is 11.4 Å². The number of benzene rings is 2. The number of anilines is 1. The Morgan fingerprint density at radius 3 is 2.48 bits per heavy atom. The SMILES string of the molecule is CC(=O)NC1=NN(c2ccccc2)C(=O)C1N=Nc1ccc(O)cc1. The monoisotopic (exact) mass is 337 g/mol. The van der Waals surface area contributed by atoms with Crippen molar-refractivity contribution in [2.24, 2.45) is 15.3 Å². The quantitative estimate of drug-likeness (QED) is 0.839. The molecule has 0 aromatic heterocycles. The van der Waals surface area contributed by atoms with Crippen LogP contribution in [-0.4, -0.2) is 28.8 Å². The molecule has 0 bridgehead atoms. The van der Waals surface area contributed by atoms with Gasteiger partial charge in [-0.1, -0.05) is 18.2 Å². The lowest BCUT2D eigenvalue weighted by Gasteiger charge is -2.11. The average Bonchev–Trinajstić information content (AvgIpc) is 2.90. The van der Waals surface area contributed by atoms with Gasteiger partial charge < -0.3 is 10.4 Å². The molecule has 1 aliphatic rings. The molecule has 2 aromatic carbocycles. The van der Waals surface area contributed by atoms with Gasteiger partial charge in [0.25, 0.3) is 5.91 Å². The third-order valence-corrected chi connectivity index (χ3v) is 3.35. The lowest BCUT2D eigenvalue weighted by atomic mass is 10.2. The lowest BCUT2D eigenvalue weighted by Crippen LogP contribution is -2.38. The number of amides is 2. The van der Waals surface area contributed by atoms with E-state index in [0.29, 0.717) is 11.4 Å². The number of azo groups is 1. The van der Waals surface area contributed by atoms with E-state index in [-0.39, 0.29) is 17.5 Å². The zero-order valence-corrected chi connectivity index (χ0v) is 13.3. The topological polar surface area (TPSA) is 107 Å². The highest BCUT2D eigenvalue weighted by molar-refractivity contribution is 6.21. The molecule has 1 heterocycles. The highest BCUT2D eigenvalue weighted by atomic mass is 16.3. The second-order valence-electron chi connectivity index (χ2n) is 5.29. The van der Waals surface area contributed by atoms with Gasteiger partial charge in [0.1, 0.15) is 5.75 Å². The van der Waals surface area contributed by atoms with Gasteiger partial charge >= 0.3 is 0 Å². The summed E-state index contributed by atoms with van der Waals surface area (Å²) in [6.45, 7) is 1.33. The van der Waals surface area contributed by atoms with Gasteiger partial charge in [-0.2, -0.15) is 15.2 Å². The number of hydrazone groups is 1. The number of phenols is 1. The Hall–Kier alpha value is -3.55. The minimum absolute atomic E-state index is 0.103. The molecule has 0 saturated heterocycles. The van der Waals surface area contributed by atoms with Crippen LogP contribution >= 0.6 is 0 Å². The number of rotatable bonds is 3. The molecule has 0 saturated carbocycles. The molecule has 0 spiro atoms. The van der Waals surface area contributed by atoms with Crippen LogP contribution in [0.15, 0.2) is 69.9 Å². The molecule has 2 amide bonds. The van der Waals surface area contributed by atoms with E-state index in [1.165, 1.54) is 24.1 Å². The van der Waals surface area contributed by atoms with Crippen LogP contribution in [0.3, 0.4) is 0 Å². The van der Waals surface area contributed by atoms with Crippen LogP contribution in [0.5, 0.6) is 5.75 Å². The van der Waals surface area contributed by atoms with Crippen molar-refractivity contribution >= 4 is 29.0 Å². The number of carbonyl (C=O) groups is 2. The molecule has 0 fully saturated rings. The van der Waals surface area contributed by atoms with Crippen LogP contribution in [0.1, 0.15) is 6.92 Å². The van der Waals surface area contributed by atoms with Gasteiger partial charge in [0.05, 0.1) is 11.4 Å². The van der Waals surface area contributed by atoms with Crippen LogP contribution in [0.25, 0.3) is 0 Å². The van der Waals surface area contributed by atoms with E-state index >= 15 is 0 Å². The standard InChI is InChI=1S/C17H15N5O3/c1-11(23)18-16-15(20-19-12-7-9-14(24)10-8-12)17(25)22(21-16)13-5-3-2-4-6-13/h2-10,15,24H,1H3,(H,18,21,23). The number of hydrogen-bond donors (Lipinski definition) is 2. The summed E-state index contributed by atoms with van der Waals surface area (Å²) in [4.78, 5) is 24.0. The van der Waals surface area contributed by atoms with Crippen molar-refractivity contribution in [2.75, 3.05) is 5.01 Å². The van der Waals surface area contributed by atoms with Gasteiger partial charge in [-0.15, -0.1) is 5.10 Å². The Labute approximate surface area is 143 Å². The molecule has 8 nitrogen and oxygen atoms in total. The Kier molecular flexibility index (Phi) is 4.51. The van der Waals surface area contributed by atoms with E-state index in [2.05, 4.69) is 20.6 Å². The number of carbonyl (C=O) groups excluding carboxylic acids is 2. The number of hydrogen-bond acceptors (Lipinski definition) is 6. The maximum absolute atomic E-state index is 12.6. The first-order chi connectivity index (χ1) is 12.0. The van der Waals surface area contributed by atoms with Gasteiger partial charge in [0.2, 0.25) is 11.9 Å². The highest BCUT2D eigenvalue weighted by Crippen LogP contribution is 2.23. The normalized spacial score (nSPS) is 17.0. The van der Waals surface area contributed by atoms with E-state index in [9.17, 15) is 14.7 Å². The Morgan fingerprint density at radius 1 is 1.16 bits per heavy atom. The van der Waals surface area contributed by atoms with Gasteiger partial charge in [-0.25, -0.2) is 0 Å². The second-order valence-corrected chi connectivity index (χ2v) is 5.29. The fourth-order valence-corrected chi connectivity index (χ4v) is 2.22. The van der Waals surface area contributed by atoms with Crippen molar-refractivity contribution in [3.8, 4) is 5.75 Å². The smallest absolute Gasteiger partial charge is 0.282 e. The van der Waals surface area contributed by atoms with Crippen LogP contribution < -0.4 is 10.3 Å². The predicted molar refractivity (Wildman–Crippen MR) is 91.6 cm³/mol. The predicted octanol–water partition coefficient (Wildman–Crippen LogP) is 2.34. The van der Waals surface area contributed by atoms with Crippen LogP contribution in [0.2, 0.25) is 0 Å². The Morgan fingerprint density at radius 2 is 1.84 bits per heavy atom. The summed E-state index contributed by atoms with van der Waals surface area (Å²) in [7, 11) is 0. The maximum Gasteiger partial charge on any atom is 0.282 e. The summed E-state index contributed by atoms with van der Waals surface area (Å²) < 4.78 is 0. The van der Waals surface area contributed by atoms with Crippen molar-refractivity contribution in [3.63, 3.8) is 0 Å². The summed E-state index contributed by atoms with van der Waals surface area (Å²) in [6, 6.07) is 13.8. The lowest BCUT2D eigenvalue weighted by molar-refractivity contribution is -0.117. The summed E-state index contributed by atoms with van der Waals surface area (Å²) in [6.07, 6.45) is 0. The number of nitrogens with zero attached hydrogens (tertiary/aromatic N) is 4. The molecular weight excluding hydrogens is 322 g/mol. The summed E-state index contributed by atoms with van der Waals surface area (Å²) in [5, 5.41) is 25.2.